The fourth-order valence-corrected chi connectivity index (χ4v) is 5.52. The van der Waals surface area contributed by atoms with E-state index in [9.17, 15) is 4.79 Å². The topological polar surface area (TPSA) is 35.5 Å². The number of hydrogen-bond acceptors (Lipinski definition) is 3. The van der Waals surface area contributed by atoms with E-state index in [4.69, 9.17) is 9.16 Å². The summed E-state index contributed by atoms with van der Waals surface area (Å²) in [6.07, 6.45) is 4.07. The summed E-state index contributed by atoms with van der Waals surface area (Å²) in [5.41, 5.74) is 0.474. The number of unbranched alkanes of at least 4 members (excludes halogenated alkanes) is 1. The molecule has 124 valence electrons. The maximum Gasteiger partial charge on any atom is 0.333 e. The quantitative estimate of drug-likeness (QED) is 0.218. The summed E-state index contributed by atoms with van der Waals surface area (Å²) in [5.74, 6) is -0.269. The first-order valence-corrected chi connectivity index (χ1v) is 11.0. The lowest BCUT2D eigenvalue weighted by molar-refractivity contribution is -0.144. The Morgan fingerprint density at radius 1 is 1.19 bits per heavy atom. The molecule has 0 heterocycles. The molecule has 0 saturated heterocycles. The Morgan fingerprint density at radius 3 is 2.24 bits per heavy atom. The Labute approximate surface area is 132 Å². The molecule has 0 radical (unpaired) electrons. The Bertz CT molecular complexity index is 311. The van der Waals surface area contributed by atoms with Gasteiger partial charge in [0.15, 0.2) is 8.32 Å². The van der Waals surface area contributed by atoms with E-state index in [0.29, 0.717) is 5.57 Å². The first-order chi connectivity index (χ1) is 9.94. The predicted molar refractivity (Wildman–Crippen MR) is 92.0 cm³/mol. The third kappa shape index (κ3) is 7.81. The van der Waals surface area contributed by atoms with E-state index in [1.54, 1.807) is 6.92 Å². The molecule has 0 bridgehead atoms. The lowest BCUT2D eigenvalue weighted by Gasteiger charge is -2.31. The van der Waals surface area contributed by atoms with Crippen LogP contribution in [0.15, 0.2) is 12.2 Å². The van der Waals surface area contributed by atoms with Crippen LogP contribution in [-0.4, -0.2) is 27.0 Å². The van der Waals surface area contributed by atoms with Crippen LogP contribution in [0.5, 0.6) is 0 Å². The second-order valence-electron chi connectivity index (χ2n) is 5.85. The first kappa shape index (κ1) is 20.4. The molecule has 0 rings (SSSR count). The van der Waals surface area contributed by atoms with E-state index >= 15 is 0 Å². The van der Waals surface area contributed by atoms with Crippen LogP contribution in [0.1, 0.15) is 60.3 Å². The third-order valence-corrected chi connectivity index (χ3v) is 8.79. The van der Waals surface area contributed by atoms with E-state index in [1.807, 2.05) is 0 Å². The molecule has 0 spiro atoms. The fraction of sp³-hybridized carbons (Fsp3) is 0.824. The van der Waals surface area contributed by atoms with Crippen LogP contribution in [-0.2, 0) is 14.0 Å². The van der Waals surface area contributed by atoms with Crippen LogP contribution in [0.4, 0.5) is 0 Å². The normalized spacial score (nSPS) is 13.0. The lowest BCUT2D eigenvalue weighted by atomic mass is 10.2. The van der Waals surface area contributed by atoms with Crippen molar-refractivity contribution in [2.75, 3.05) is 6.61 Å². The molecule has 1 unspecified atom stereocenters. The average Bonchev–Trinajstić information content (AvgIpc) is 2.49. The first-order valence-electron chi connectivity index (χ1n) is 8.45. The molecule has 0 amide bonds. The number of ether oxygens (including phenoxy) is 1. The van der Waals surface area contributed by atoms with Crippen molar-refractivity contribution in [1.29, 1.82) is 0 Å². The van der Waals surface area contributed by atoms with Crippen molar-refractivity contribution in [2.45, 2.75) is 84.5 Å². The van der Waals surface area contributed by atoms with Gasteiger partial charge in [0.1, 0.15) is 6.10 Å². The maximum absolute atomic E-state index is 11.6. The summed E-state index contributed by atoms with van der Waals surface area (Å²) < 4.78 is 11.8. The molecule has 0 aliphatic heterocycles. The maximum atomic E-state index is 11.6. The van der Waals surface area contributed by atoms with Gasteiger partial charge in [0.25, 0.3) is 0 Å². The van der Waals surface area contributed by atoms with Gasteiger partial charge in [-0.2, -0.15) is 0 Å². The molecule has 0 aliphatic rings. The second kappa shape index (κ2) is 11.0. The van der Waals surface area contributed by atoms with Gasteiger partial charge in [0, 0.05) is 12.2 Å². The molecule has 0 aromatic heterocycles. The Morgan fingerprint density at radius 2 is 1.81 bits per heavy atom. The molecule has 0 aromatic carbocycles. The van der Waals surface area contributed by atoms with Crippen LogP contribution in [0.2, 0.25) is 18.1 Å². The molecule has 0 fully saturated rings. The minimum atomic E-state index is -1.65. The largest absolute Gasteiger partial charge is 0.459 e. The van der Waals surface area contributed by atoms with E-state index in [0.717, 1.165) is 44.0 Å². The van der Waals surface area contributed by atoms with E-state index in [1.165, 1.54) is 6.42 Å². The van der Waals surface area contributed by atoms with Crippen molar-refractivity contribution < 1.29 is 14.0 Å². The van der Waals surface area contributed by atoms with Crippen LogP contribution in [0.3, 0.4) is 0 Å². The van der Waals surface area contributed by atoms with Crippen molar-refractivity contribution in [3.05, 3.63) is 12.2 Å². The zero-order chi connectivity index (χ0) is 16.3. The summed E-state index contributed by atoms with van der Waals surface area (Å²) in [5, 5.41) is 0. The summed E-state index contributed by atoms with van der Waals surface area (Å²) in [7, 11) is -1.65. The van der Waals surface area contributed by atoms with Gasteiger partial charge in [0.05, 0.1) is 0 Å². The molecule has 0 saturated carbocycles. The summed E-state index contributed by atoms with van der Waals surface area (Å²) in [6, 6.07) is 3.35. The minimum Gasteiger partial charge on any atom is -0.459 e. The van der Waals surface area contributed by atoms with Gasteiger partial charge in [0.2, 0.25) is 0 Å². The SMILES string of the molecule is C=C(C)C(=O)OC(CC)CC[Si](CC)(CC)OCCCC. The molecule has 0 aromatic rings. The van der Waals surface area contributed by atoms with Crippen LogP contribution < -0.4 is 0 Å². The van der Waals surface area contributed by atoms with Gasteiger partial charge in [-0.05, 0) is 44.3 Å². The predicted octanol–water partition coefficient (Wildman–Crippen LogP) is 5.08. The van der Waals surface area contributed by atoms with Crippen molar-refractivity contribution in [2.24, 2.45) is 0 Å². The molecule has 3 nitrogen and oxygen atoms in total. The number of carbonyl (C=O) groups excluding carboxylic acids is 1. The highest BCUT2D eigenvalue weighted by Crippen LogP contribution is 2.26. The number of rotatable bonds is 12. The van der Waals surface area contributed by atoms with E-state index in [-0.39, 0.29) is 12.1 Å². The standard InChI is InChI=1S/C17H34O3Si/c1-7-11-13-19-21(9-3,10-4)14-12-16(8-2)20-17(18)15(5)6/h16H,5,7-14H2,1-4,6H3. The minimum absolute atomic E-state index is 0.00560. The molecule has 0 N–H and O–H groups in total. The highest BCUT2D eigenvalue weighted by Gasteiger charge is 2.31. The van der Waals surface area contributed by atoms with Gasteiger partial charge < -0.3 is 9.16 Å². The Kier molecular flexibility index (Phi) is 10.7. The van der Waals surface area contributed by atoms with Gasteiger partial charge in [-0.3, -0.25) is 0 Å². The van der Waals surface area contributed by atoms with E-state index < -0.39 is 8.32 Å². The van der Waals surface area contributed by atoms with Crippen molar-refractivity contribution in [3.8, 4) is 0 Å². The highest BCUT2D eigenvalue weighted by molar-refractivity contribution is 6.73. The highest BCUT2D eigenvalue weighted by atomic mass is 28.4. The average molecular weight is 315 g/mol. The van der Waals surface area contributed by atoms with Crippen LogP contribution >= 0.6 is 0 Å². The molecule has 4 heteroatoms. The molecular weight excluding hydrogens is 280 g/mol. The van der Waals surface area contributed by atoms with Crippen LogP contribution in [0.25, 0.3) is 0 Å². The van der Waals surface area contributed by atoms with Gasteiger partial charge >= 0.3 is 5.97 Å². The molecule has 21 heavy (non-hydrogen) atoms. The van der Waals surface area contributed by atoms with Crippen molar-refractivity contribution in [1.82, 2.24) is 0 Å². The Hall–Kier alpha value is -0.613. The lowest BCUT2D eigenvalue weighted by Crippen LogP contribution is -2.38. The second-order valence-corrected chi connectivity index (χ2v) is 10.4. The molecule has 0 aliphatic carbocycles. The molecule has 1 atom stereocenters. The monoisotopic (exact) mass is 314 g/mol. The van der Waals surface area contributed by atoms with E-state index in [2.05, 4.69) is 34.3 Å². The summed E-state index contributed by atoms with van der Waals surface area (Å²) in [4.78, 5) is 11.6. The van der Waals surface area contributed by atoms with Gasteiger partial charge in [-0.1, -0.05) is 40.7 Å². The number of hydrogen-bond donors (Lipinski definition) is 0. The van der Waals surface area contributed by atoms with Crippen molar-refractivity contribution >= 4 is 14.3 Å². The number of esters is 1. The van der Waals surface area contributed by atoms with Gasteiger partial charge in [-0.25, -0.2) is 4.79 Å². The zero-order valence-electron chi connectivity index (χ0n) is 14.7. The van der Waals surface area contributed by atoms with Crippen LogP contribution in [0, 0.1) is 0 Å². The summed E-state index contributed by atoms with van der Waals surface area (Å²) in [6.45, 7) is 15.0. The fourth-order valence-electron chi connectivity index (χ4n) is 2.34. The smallest absolute Gasteiger partial charge is 0.333 e. The van der Waals surface area contributed by atoms with Gasteiger partial charge in [-0.15, -0.1) is 0 Å². The molecular formula is C17H34O3Si. The zero-order valence-corrected chi connectivity index (χ0v) is 15.7. The summed E-state index contributed by atoms with van der Waals surface area (Å²) >= 11 is 0. The van der Waals surface area contributed by atoms with Crippen molar-refractivity contribution in [3.63, 3.8) is 0 Å². The number of carbonyl (C=O) groups is 1. The Balaban J connectivity index is 4.48. The third-order valence-electron chi connectivity index (χ3n) is 4.19.